The van der Waals surface area contributed by atoms with Crippen molar-refractivity contribution in [3.8, 4) is 0 Å². The summed E-state index contributed by atoms with van der Waals surface area (Å²) in [6.45, 7) is 8.66. The number of carbonyl (C=O) groups excluding carboxylic acids is 1. The van der Waals surface area contributed by atoms with Gasteiger partial charge in [-0.1, -0.05) is 32.4 Å². The second-order valence-electron chi connectivity index (χ2n) is 6.46. The molecular formula is C16H28N2O. The first kappa shape index (κ1) is 14.6. The zero-order valence-corrected chi connectivity index (χ0v) is 12.4. The van der Waals surface area contributed by atoms with Gasteiger partial charge in [-0.3, -0.25) is 9.69 Å². The van der Waals surface area contributed by atoms with Crippen LogP contribution in [0.3, 0.4) is 0 Å². The van der Waals surface area contributed by atoms with Crippen LogP contribution >= 0.6 is 0 Å². The molecular weight excluding hydrogens is 236 g/mol. The summed E-state index contributed by atoms with van der Waals surface area (Å²) in [4.78, 5) is 14.3. The molecule has 0 bridgehead atoms. The van der Waals surface area contributed by atoms with Gasteiger partial charge < -0.3 is 5.32 Å². The van der Waals surface area contributed by atoms with Crippen LogP contribution in [0.15, 0.2) is 12.2 Å². The third-order valence-electron chi connectivity index (χ3n) is 4.30. The highest BCUT2D eigenvalue weighted by Crippen LogP contribution is 2.26. The van der Waals surface area contributed by atoms with Crippen molar-refractivity contribution < 1.29 is 4.79 Å². The number of carbonyl (C=O) groups is 1. The van der Waals surface area contributed by atoms with E-state index in [0.717, 1.165) is 32.5 Å². The molecule has 3 heteroatoms. The van der Waals surface area contributed by atoms with Gasteiger partial charge in [0.25, 0.3) is 0 Å². The minimum absolute atomic E-state index is 0.296. The highest BCUT2D eigenvalue weighted by Gasteiger charge is 2.27. The Bertz CT molecular complexity index is 321. The molecule has 0 aromatic carbocycles. The van der Waals surface area contributed by atoms with Gasteiger partial charge in [0.2, 0.25) is 5.91 Å². The van der Waals surface area contributed by atoms with Crippen LogP contribution in [0, 0.1) is 17.8 Å². The third-order valence-corrected chi connectivity index (χ3v) is 4.30. The third kappa shape index (κ3) is 4.64. The van der Waals surface area contributed by atoms with E-state index in [0.29, 0.717) is 23.7 Å². The van der Waals surface area contributed by atoms with Gasteiger partial charge in [0.15, 0.2) is 0 Å². The fourth-order valence-electron chi connectivity index (χ4n) is 2.79. The van der Waals surface area contributed by atoms with Gasteiger partial charge in [-0.2, -0.15) is 0 Å². The predicted molar refractivity (Wildman–Crippen MR) is 78.9 cm³/mol. The summed E-state index contributed by atoms with van der Waals surface area (Å²) in [5, 5.41) is 3.14. The lowest BCUT2D eigenvalue weighted by atomic mass is 9.85. The number of allylic oxidation sites excluding steroid dienone is 1. The molecule has 1 atom stereocenters. The van der Waals surface area contributed by atoms with Gasteiger partial charge in [-0.05, 0) is 37.6 Å². The lowest BCUT2D eigenvalue weighted by molar-refractivity contribution is -0.127. The van der Waals surface area contributed by atoms with E-state index in [-0.39, 0.29) is 0 Å². The minimum Gasteiger partial charge on any atom is -0.356 e. The normalized spacial score (nSPS) is 25.1. The van der Waals surface area contributed by atoms with Crippen LogP contribution in [0.1, 0.15) is 39.5 Å². The highest BCUT2D eigenvalue weighted by atomic mass is 16.1. The summed E-state index contributed by atoms with van der Waals surface area (Å²) >= 11 is 0. The van der Waals surface area contributed by atoms with E-state index >= 15 is 0 Å². The summed E-state index contributed by atoms with van der Waals surface area (Å²) in [6, 6.07) is 0. The summed E-state index contributed by atoms with van der Waals surface area (Å²) in [5.41, 5.74) is 0. The number of nitrogens with one attached hydrogen (secondary N) is 1. The molecule has 0 spiro atoms. The molecule has 1 aliphatic heterocycles. The van der Waals surface area contributed by atoms with Crippen LogP contribution < -0.4 is 5.32 Å². The van der Waals surface area contributed by atoms with Crippen molar-refractivity contribution >= 4 is 5.91 Å². The van der Waals surface area contributed by atoms with Crippen molar-refractivity contribution in [1.82, 2.24) is 10.2 Å². The quantitative estimate of drug-likeness (QED) is 0.747. The molecule has 1 aliphatic carbocycles. The van der Waals surface area contributed by atoms with E-state index in [1.807, 2.05) is 0 Å². The molecule has 0 unspecified atom stereocenters. The van der Waals surface area contributed by atoms with Crippen LogP contribution in [-0.4, -0.2) is 37.0 Å². The first-order valence-electron chi connectivity index (χ1n) is 7.82. The minimum atomic E-state index is 0.296. The smallest absolute Gasteiger partial charge is 0.223 e. The Balaban J connectivity index is 1.60. The molecule has 1 heterocycles. The molecule has 0 aromatic rings. The largest absolute Gasteiger partial charge is 0.356 e. The average molecular weight is 264 g/mol. The van der Waals surface area contributed by atoms with Gasteiger partial charge in [-0.25, -0.2) is 0 Å². The van der Waals surface area contributed by atoms with Crippen molar-refractivity contribution in [3.63, 3.8) is 0 Å². The fourth-order valence-corrected chi connectivity index (χ4v) is 2.79. The van der Waals surface area contributed by atoms with Gasteiger partial charge in [0.1, 0.15) is 0 Å². The van der Waals surface area contributed by atoms with Crippen molar-refractivity contribution in [1.29, 1.82) is 0 Å². The lowest BCUT2D eigenvalue weighted by Gasteiger charge is -2.24. The predicted octanol–water partition coefficient (Wildman–Crippen LogP) is 2.44. The molecule has 1 N–H and O–H groups in total. The second kappa shape index (κ2) is 7.09. The molecule has 1 amide bonds. The Kier molecular flexibility index (Phi) is 5.44. The first-order valence-corrected chi connectivity index (χ1v) is 7.82. The zero-order valence-electron chi connectivity index (χ0n) is 12.4. The van der Waals surface area contributed by atoms with Crippen molar-refractivity contribution in [2.45, 2.75) is 39.5 Å². The zero-order chi connectivity index (χ0) is 13.7. The van der Waals surface area contributed by atoms with Gasteiger partial charge in [-0.15, -0.1) is 0 Å². The molecule has 0 aromatic heterocycles. The SMILES string of the molecule is CC(C)/C=C/CN1CC[C@H](CNC(=O)C2CCC2)C1. The van der Waals surface area contributed by atoms with E-state index in [1.165, 1.54) is 19.4 Å². The summed E-state index contributed by atoms with van der Waals surface area (Å²) in [5.74, 6) is 1.91. The number of hydrogen-bond donors (Lipinski definition) is 1. The maximum atomic E-state index is 11.8. The standard InChI is InChI=1S/C16H28N2O/c1-13(2)5-4-9-18-10-8-14(12-18)11-17-16(19)15-6-3-7-15/h4-5,13-15H,3,6-12H2,1-2H3,(H,17,19)/b5-4+/t14-/m1/s1. The number of rotatable bonds is 6. The van der Waals surface area contributed by atoms with Crippen LogP contribution in [-0.2, 0) is 4.79 Å². The Morgan fingerprint density at radius 1 is 1.37 bits per heavy atom. The summed E-state index contributed by atoms with van der Waals surface area (Å²) in [6.07, 6.45) is 9.20. The van der Waals surface area contributed by atoms with Gasteiger partial charge >= 0.3 is 0 Å². The molecule has 2 fully saturated rings. The fraction of sp³-hybridized carbons (Fsp3) is 0.812. The molecule has 2 rings (SSSR count). The summed E-state index contributed by atoms with van der Waals surface area (Å²) < 4.78 is 0. The Morgan fingerprint density at radius 2 is 2.16 bits per heavy atom. The second-order valence-corrected chi connectivity index (χ2v) is 6.46. The van der Waals surface area contributed by atoms with E-state index in [9.17, 15) is 4.79 Å². The molecule has 2 aliphatic rings. The van der Waals surface area contributed by atoms with Crippen molar-refractivity contribution in [2.24, 2.45) is 17.8 Å². The first-order chi connectivity index (χ1) is 9.15. The van der Waals surface area contributed by atoms with Crippen LogP contribution in [0.25, 0.3) is 0 Å². The maximum absolute atomic E-state index is 11.8. The average Bonchev–Trinajstić information content (AvgIpc) is 2.71. The Morgan fingerprint density at radius 3 is 2.79 bits per heavy atom. The number of amides is 1. The van der Waals surface area contributed by atoms with Gasteiger partial charge in [0, 0.05) is 25.6 Å². The number of likely N-dealkylation sites (tertiary alicyclic amines) is 1. The van der Waals surface area contributed by atoms with E-state index in [4.69, 9.17) is 0 Å². The Hall–Kier alpha value is -0.830. The number of hydrogen-bond acceptors (Lipinski definition) is 2. The van der Waals surface area contributed by atoms with Crippen molar-refractivity contribution in [3.05, 3.63) is 12.2 Å². The van der Waals surface area contributed by atoms with Crippen LogP contribution in [0.2, 0.25) is 0 Å². The van der Waals surface area contributed by atoms with E-state index in [1.54, 1.807) is 0 Å². The van der Waals surface area contributed by atoms with Crippen LogP contribution in [0.4, 0.5) is 0 Å². The monoisotopic (exact) mass is 264 g/mol. The van der Waals surface area contributed by atoms with Crippen LogP contribution in [0.5, 0.6) is 0 Å². The van der Waals surface area contributed by atoms with E-state index in [2.05, 4.69) is 36.2 Å². The molecule has 3 nitrogen and oxygen atoms in total. The molecule has 1 saturated carbocycles. The van der Waals surface area contributed by atoms with Gasteiger partial charge in [0.05, 0.1) is 0 Å². The maximum Gasteiger partial charge on any atom is 0.223 e. The molecule has 0 radical (unpaired) electrons. The molecule has 1 saturated heterocycles. The molecule has 108 valence electrons. The van der Waals surface area contributed by atoms with Crippen molar-refractivity contribution in [2.75, 3.05) is 26.2 Å². The number of nitrogens with zero attached hydrogens (tertiary/aromatic N) is 1. The Labute approximate surface area is 117 Å². The molecule has 19 heavy (non-hydrogen) atoms. The summed E-state index contributed by atoms with van der Waals surface area (Å²) in [7, 11) is 0. The lowest BCUT2D eigenvalue weighted by Crippen LogP contribution is -2.37. The topological polar surface area (TPSA) is 32.3 Å². The van der Waals surface area contributed by atoms with E-state index < -0.39 is 0 Å². The highest BCUT2D eigenvalue weighted by molar-refractivity contribution is 5.79.